The number of aliphatic hydroxyl groups excluding tert-OH is 1. The monoisotopic (exact) mass is 233 g/mol. The van der Waals surface area contributed by atoms with Gasteiger partial charge in [-0.1, -0.05) is 12.1 Å². The van der Waals surface area contributed by atoms with Gasteiger partial charge in [0.25, 0.3) is 0 Å². The van der Waals surface area contributed by atoms with E-state index < -0.39 is 6.10 Å². The van der Waals surface area contributed by atoms with Crippen LogP contribution in [-0.4, -0.2) is 20.0 Å². The van der Waals surface area contributed by atoms with E-state index in [9.17, 15) is 10.2 Å². The lowest BCUT2D eigenvalue weighted by atomic mass is 10.0. The number of aromatic hydroxyl groups is 1. The number of aromatic nitrogens is 2. The van der Waals surface area contributed by atoms with Gasteiger partial charge in [0.05, 0.1) is 12.3 Å². The van der Waals surface area contributed by atoms with Crippen LogP contribution in [0.1, 0.15) is 17.2 Å². The fourth-order valence-corrected chi connectivity index (χ4v) is 1.74. The predicted molar refractivity (Wildman–Crippen MR) is 64.4 cm³/mol. The Bertz CT molecular complexity index is 522. The molecule has 0 aliphatic carbocycles. The van der Waals surface area contributed by atoms with Crippen molar-refractivity contribution in [2.75, 3.05) is 5.73 Å². The first-order valence-electron chi connectivity index (χ1n) is 5.31. The first-order chi connectivity index (χ1) is 8.08. The average molecular weight is 233 g/mol. The maximum absolute atomic E-state index is 10.0. The molecule has 1 heterocycles. The molecule has 0 bridgehead atoms. The lowest BCUT2D eigenvalue weighted by Gasteiger charge is -2.10. The summed E-state index contributed by atoms with van der Waals surface area (Å²) in [5.41, 5.74) is 7.23. The van der Waals surface area contributed by atoms with Crippen LogP contribution < -0.4 is 5.73 Å². The third-order valence-electron chi connectivity index (χ3n) is 2.71. The number of nitrogen functional groups attached to an aromatic ring is 1. The number of nitrogens with two attached hydrogens (primary N) is 1. The number of aryl methyl sites for hydroxylation is 1. The van der Waals surface area contributed by atoms with Crippen LogP contribution >= 0.6 is 0 Å². The topological polar surface area (TPSA) is 84.3 Å². The Kier molecular flexibility index (Phi) is 3.01. The molecule has 0 amide bonds. The molecule has 90 valence electrons. The maximum Gasteiger partial charge on any atom is 0.127 e. The molecule has 1 aromatic heterocycles. The summed E-state index contributed by atoms with van der Waals surface area (Å²) in [5, 5.41) is 23.4. The molecular weight excluding hydrogens is 218 g/mol. The van der Waals surface area contributed by atoms with Crippen molar-refractivity contribution >= 4 is 5.82 Å². The second kappa shape index (κ2) is 4.47. The van der Waals surface area contributed by atoms with E-state index >= 15 is 0 Å². The summed E-state index contributed by atoms with van der Waals surface area (Å²) in [6.45, 7) is 0. The van der Waals surface area contributed by atoms with Crippen LogP contribution in [-0.2, 0) is 13.5 Å². The lowest BCUT2D eigenvalue weighted by Crippen LogP contribution is -2.05. The maximum atomic E-state index is 10.0. The minimum atomic E-state index is -0.717. The summed E-state index contributed by atoms with van der Waals surface area (Å²) in [5.74, 6) is 0.645. The van der Waals surface area contributed by atoms with Gasteiger partial charge in [-0.25, -0.2) is 0 Å². The first-order valence-corrected chi connectivity index (χ1v) is 5.31. The Hall–Kier alpha value is -2.01. The molecule has 2 rings (SSSR count). The molecule has 2 aromatic rings. The fraction of sp³-hybridized carbons (Fsp3) is 0.250. The highest BCUT2D eigenvalue weighted by Gasteiger charge is 2.15. The highest BCUT2D eigenvalue weighted by atomic mass is 16.3. The zero-order valence-corrected chi connectivity index (χ0v) is 9.54. The average Bonchev–Trinajstić information content (AvgIpc) is 2.60. The molecule has 0 saturated heterocycles. The van der Waals surface area contributed by atoms with Gasteiger partial charge in [-0.15, -0.1) is 0 Å². The van der Waals surface area contributed by atoms with Gasteiger partial charge in [0.1, 0.15) is 11.6 Å². The number of phenolic OH excluding ortho intramolecular Hbond substituents is 1. The summed E-state index contributed by atoms with van der Waals surface area (Å²) in [6.07, 6.45) is 1.23. The van der Waals surface area contributed by atoms with E-state index in [1.165, 1.54) is 4.68 Å². The van der Waals surface area contributed by atoms with Crippen LogP contribution in [0.3, 0.4) is 0 Å². The number of benzene rings is 1. The lowest BCUT2D eigenvalue weighted by molar-refractivity contribution is 0.179. The Morgan fingerprint density at radius 3 is 2.82 bits per heavy atom. The highest BCUT2D eigenvalue weighted by Crippen LogP contribution is 2.24. The third-order valence-corrected chi connectivity index (χ3v) is 2.71. The number of aliphatic hydroxyl groups is 1. The molecule has 0 fully saturated rings. The Morgan fingerprint density at radius 1 is 1.47 bits per heavy atom. The third kappa shape index (κ3) is 2.39. The van der Waals surface area contributed by atoms with E-state index in [0.29, 0.717) is 17.8 Å². The van der Waals surface area contributed by atoms with Crippen LogP contribution in [0.2, 0.25) is 0 Å². The van der Waals surface area contributed by atoms with Crippen LogP contribution in [0, 0.1) is 0 Å². The number of anilines is 1. The molecule has 1 atom stereocenters. The molecule has 1 unspecified atom stereocenters. The van der Waals surface area contributed by atoms with E-state index in [2.05, 4.69) is 5.10 Å². The fourth-order valence-electron chi connectivity index (χ4n) is 1.74. The molecular formula is C12H15N3O2. The normalized spacial score (nSPS) is 12.6. The Morgan fingerprint density at radius 2 is 2.24 bits per heavy atom. The van der Waals surface area contributed by atoms with Gasteiger partial charge >= 0.3 is 0 Å². The van der Waals surface area contributed by atoms with E-state index in [1.54, 1.807) is 31.4 Å². The quantitative estimate of drug-likeness (QED) is 0.738. The van der Waals surface area contributed by atoms with E-state index in [4.69, 9.17) is 5.73 Å². The smallest absolute Gasteiger partial charge is 0.127 e. The van der Waals surface area contributed by atoms with Crippen molar-refractivity contribution in [3.05, 3.63) is 41.6 Å². The minimum Gasteiger partial charge on any atom is -0.508 e. The van der Waals surface area contributed by atoms with Gasteiger partial charge in [-0.2, -0.15) is 5.10 Å². The number of nitrogens with zero attached hydrogens (tertiary/aromatic N) is 2. The van der Waals surface area contributed by atoms with Crippen LogP contribution in [0.5, 0.6) is 5.75 Å². The standard InChI is InChI=1S/C12H15N3O2/c1-15-12(13)10(7-14-15)11(17)6-8-3-2-4-9(16)5-8/h2-5,7,11,16-17H,6,13H2,1H3. The largest absolute Gasteiger partial charge is 0.508 e. The molecule has 0 aliphatic heterocycles. The van der Waals surface area contributed by atoms with Crippen molar-refractivity contribution in [2.24, 2.45) is 7.05 Å². The molecule has 1 aromatic carbocycles. The van der Waals surface area contributed by atoms with Gasteiger partial charge in [-0.05, 0) is 17.7 Å². The van der Waals surface area contributed by atoms with Crippen molar-refractivity contribution in [2.45, 2.75) is 12.5 Å². The van der Waals surface area contributed by atoms with Gasteiger partial charge in [0, 0.05) is 19.0 Å². The Labute approximate surface area is 99.1 Å². The van der Waals surface area contributed by atoms with Crippen molar-refractivity contribution in [3.8, 4) is 5.75 Å². The first kappa shape index (κ1) is 11.5. The van der Waals surface area contributed by atoms with Crippen molar-refractivity contribution in [1.82, 2.24) is 9.78 Å². The molecule has 0 aliphatic rings. The summed E-state index contributed by atoms with van der Waals surface area (Å²) in [6, 6.07) is 6.80. The number of hydrogen-bond acceptors (Lipinski definition) is 4. The van der Waals surface area contributed by atoms with Gasteiger partial charge in [-0.3, -0.25) is 4.68 Å². The van der Waals surface area contributed by atoms with Crippen LogP contribution in [0.15, 0.2) is 30.5 Å². The summed E-state index contributed by atoms with van der Waals surface area (Å²) in [4.78, 5) is 0. The molecule has 5 nitrogen and oxygen atoms in total. The molecule has 0 radical (unpaired) electrons. The summed E-state index contributed by atoms with van der Waals surface area (Å²) >= 11 is 0. The number of phenols is 1. The Balaban J connectivity index is 2.17. The zero-order valence-electron chi connectivity index (χ0n) is 9.54. The van der Waals surface area contributed by atoms with Crippen molar-refractivity contribution < 1.29 is 10.2 Å². The van der Waals surface area contributed by atoms with E-state index in [0.717, 1.165) is 5.56 Å². The van der Waals surface area contributed by atoms with Gasteiger partial charge in [0.2, 0.25) is 0 Å². The molecule has 0 spiro atoms. The van der Waals surface area contributed by atoms with Crippen molar-refractivity contribution in [3.63, 3.8) is 0 Å². The molecule has 4 N–H and O–H groups in total. The van der Waals surface area contributed by atoms with Crippen LogP contribution in [0.4, 0.5) is 5.82 Å². The second-order valence-electron chi connectivity index (χ2n) is 4.00. The van der Waals surface area contributed by atoms with E-state index in [-0.39, 0.29) is 5.75 Å². The molecule has 5 heteroatoms. The van der Waals surface area contributed by atoms with Gasteiger partial charge < -0.3 is 15.9 Å². The SMILES string of the molecule is Cn1ncc(C(O)Cc2cccc(O)c2)c1N. The summed E-state index contributed by atoms with van der Waals surface area (Å²) in [7, 11) is 1.72. The van der Waals surface area contributed by atoms with Crippen LogP contribution in [0.25, 0.3) is 0 Å². The summed E-state index contributed by atoms with van der Waals surface area (Å²) < 4.78 is 1.51. The van der Waals surface area contributed by atoms with Crippen molar-refractivity contribution in [1.29, 1.82) is 0 Å². The number of rotatable bonds is 3. The number of hydrogen-bond donors (Lipinski definition) is 3. The van der Waals surface area contributed by atoms with E-state index in [1.807, 2.05) is 6.07 Å². The molecule has 17 heavy (non-hydrogen) atoms. The van der Waals surface area contributed by atoms with Gasteiger partial charge in [0.15, 0.2) is 0 Å². The second-order valence-corrected chi connectivity index (χ2v) is 4.00. The zero-order chi connectivity index (χ0) is 12.4. The molecule has 0 saturated carbocycles. The predicted octanol–water partition coefficient (Wildman–Crippen LogP) is 0.984. The highest BCUT2D eigenvalue weighted by molar-refractivity contribution is 5.41. The minimum absolute atomic E-state index is 0.189.